The molecule has 108 valence electrons. The van der Waals surface area contributed by atoms with Crippen LogP contribution in [0.1, 0.15) is 0 Å². The van der Waals surface area contributed by atoms with Crippen LogP contribution in [0.2, 0.25) is 5.02 Å². The number of nitrogens with zero attached hydrogens (tertiary/aromatic N) is 3. The van der Waals surface area contributed by atoms with Gasteiger partial charge < -0.3 is 0 Å². The highest BCUT2D eigenvalue weighted by molar-refractivity contribution is 9.11. The molecule has 0 bridgehead atoms. The summed E-state index contributed by atoms with van der Waals surface area (Å²) in [6.07, 6.45) is 0. The van der Waals surface area contributed by atoms with Gasteiger partial charge in [-0.15, -0.1) is 11.3 Å². The predicted molar refractivity (Wildman–Crippen MR) is 82.4 cm³/mol. The van der Waals surface area contributed by atoms with Gasteiger partial charge in [0.05, 0.1) is 19.2 Å². The van der Waals surface area contributed by atoms with Gasteiger partial charge in [-0.25, -0.2) is 18.4 Å². The van der Waals surface area contributed by atoms with Crippen LogP contribution in [0.3, 0.4) is 0 Å². The Morgan fingerprint density at radius 2 is 1.95 bits per heavy atom. The molecule has 0 saturated carbocycles. The van der Waals surface area contributed by atoms with E-state index in [-0.39, 0.29) is 11.4 Å². The third-order valence-electron chi connectivity index (χ3n) is 2.81. The molecule has 0 N–H and O–H groups in total. The van der Waals surface area contributed by atoms with Crippen LogP contribution >= 0.6 is 38.9 Å². The first-order valence-corrected chi connectivity index (χ1v) is 7.76. The monoisotopic (exact) mass is 389 g/mol. The van der Waals surface area contributed by atoms with E-state index < -0.39 is 11.6 Å². The van der Waals surface area contributed by atoms with Crippen molar-refractivity contribution >= 4 is 38.9 Å². The molecule has 0 saturated heterocycles. The number of benzene rings is 1. The Hall–Kier alpha value is -1.31. The molecule has 3 nitrogen and oxygen atoms in total. The number of halogens is 4. The van der Waals surface area contributed by atoms with Crippen molar-refractivity contribution < 1.29 is 8.78 Å². The molecule has 0 radical (unpaired) electrons. The Labute approximate surface area is 136 Å². The highest BCUT2D eigenvalue weighted by Crippen LogP contribution is 2.38. The highest BCUT2D eigenvalue weighted by atomic mass is 79.9. The van der Waals surface area contributed by atoms with Crippen LogP contribution in [0.15, 0.2) is 28.1 Å². The molecule has 8 heteroatoms. The largest absolute Gasteiger partial charge is 0.248 e. The standard InChI is InChI=1S/C13H7BrClF2N3S/c1-20-13(11-6(15)5-9(14)21-11)18-12(19-20)10-7(16)3-2-4-8(10)17/h2-5H,1H3. The minimum absolute atomic E-state index is 0.0105. The molecule has 0 atom stereocenters. The van der Waals surface area contributed by atoms with E-state index in [4.69, 9.17) is 11.6 Å². The van der Waals surface area contributed by atoms with Gasteiger partial charge >= 0.3 is 0 Å². The van der Waals surface area contributed by atoms with Crippen molar-refractivity contribution in [3.63, 3.8) is 0 Å². The maximum absolute atomic E-state index is 13.8. The topological polar surface area (TPSA) is 30.7 Å². The Morgan fingerprint density at radius 1 is 1.29 bits per heavy atom. The lowest BCUT2D eigenvalue weighted by molar-refractivity contribution is 0.587. The quantitative estimate of drug-likeness (QED) is 0.623. The fraction of sp³-hybridized carbons (Fsp3) is 0.0769. The number of thiophene rings is 1. The smallest absolute Gasteiger partial charge is 0.187 e. The summed E-state index contributed by atoms with van der Waals surface area (Å²) >= 11 is 10.8. The minimum atomic E-state index is -0.703. The van der Waals surface area contributed by atoms with Gasteiger partial charge in [0.2, 0.25) is 0 Å². The summed E-state index contributed by atoms with van der Waals surface area (Å²) in [6, 6.07) is 5.37. The van der Waals surface area contributed by atoms with E-state index >= 15 is 0 Å². The zero-order chi connectivity index (χ0) is 15.1. The minimum Gasteiger partial charge on any atom is -0.248 e. The third kappa shape index (κ3) is 2.61. The van der Waals surface area contributed by atoms with Gasteiger partial charge in [0.15, 0.2) is 11.6 Å². The molecule has 0 spiro atoms. The third-order valence-corrected chi connectivity index (χ3v) is 4.85. The summed E-state index contributed by atoms with van der Waals surface area (Å²) in [5, 5.41) is 4.59. The van der Waals surface area contributed by atoms with Crippen LogP contribution in [0, 0.1) is 11.6 Å². The highest BCUT2D eigenvalue weighted by Gasteiger charge is 2.20. The van der Waals surface area contributed by atoms with Gasteiger partial charge in [-0.1, -0.05) is 17.7 Å². The molecule has 2 aromatic heterocycles. The average molecular weight is 391 g/mol. The molecule has 0 unspecified atom stereocenters. The lowest BCUT2D eigenvalue weighted by Crippen LogP contribution is -1.94. The molecule has 21 heavy (non-hydrogen) atoms. The molecule has 0 fully saturated rings. The van der Waals surface area contributed by atoms with E-state index in [9.17, 15) is 8.78 Å². The zero-order valence-corrected chi connectivity index (χ0v) is 13.7. The molecule has 0 aliphatic carbocycles. The number of rotatable bonds is 2. The lowest BCUT2D eigenvalue weighted by Gasteiger charge is -1.98. The molecular formula is C13H7BrClF2N3S. The predicted octanol–water partition coefficient (Wildman–Crippen LogP) is 4.90. The van der Waals surface area contributed by atoms with Gasteiger partial charge in [-0.2, -0.15) is 5.10 Å². The van der Waals surface area contributed by atoms with Crippen LogP contribution in [-0.2, 0) is 7.05 Å². The van der Waals surface area contributed by atoms with E-state index in [1.807, 2.05) is 0 Å². The second-order valence-electron chi connectivity index (χ2n) is 4.21. The Morgan fingerprint density at radius 3 is 2.52 bits per heavy atom. The van der Waals surface area contributed by atoms with E-state index in [1.54, 1.807) is 13.1 Å². The van der Waals surface area contributed by atoms with E-state index in [0.29, 0.717) is 15.7 Å². The number of aromatic nitrogens is 3. The average Bonchev–Trinajstić information content (AvgIpc) is 2.92. The van der Waals surface area contributed by atoms with Crippen molar-refractivity contribution in [2.24, 2.45) is 7.05 Å². The van der Waals surface area contributed by atoms with Crippen molar-refractivity contribution in [2.75, 3.05) is 0 Å². The Balaban J connectivity index is 2.17. The zero-order valence-electron chi connectivity index (χ0n) is 10.6. The summed E-state index contributed by atoms with van der Waals surface area (Å²) in [4.78, 5) is 4.91. The summed E-state index contributed by atoms with van der Waals surface area (Å²) < 4.78 is 29.9. The number of hydrogen-bond acceptors (Lipinski definition) is 3. The molecule has 0 amide bonds. The van der Waals surface area contributed by atoms with Gasteiger partial charge in [0.1, 0.15) is 11.6 Å². The second-order valence-corrected chi connectivity index (χ2v) is 7.05. The van der Waals surface area contributed by atoms with Gasteiger partial charge in [-0.3, -0.25) is 0 Å². The van der Waals surface area contributed by atoms with E-state index in [1.165, 1.54) is 34.2 Å². The fourth-order valence-corrected chi connectivity index (χ4v) is 3.91. The van der Waals surface area contributed by atoms with Gasteiger partial charge in [-0.05, 0) is 34.1 Å². The van der Waals surface area contributed by atoms with Crippen LogP contribution in [0.5, 0.6) is 0 Å². The molecule has 0 aliphatic rings. The van der Waals surface area contributed by atoms with Crippen molar-refractivity contribution in [1.82, 2.24) is 14.8 Å². The van der Waals surface area contributed by atoms with E-state index in [2.05, 4.69) is 26.0 Å². The molecular weight excluding hydrogens is 384 g/mol. The summed E-state index contributed by atoms with van der Waals surface area (Å²) in [5.74, 6) is -0.965. The van der Waals surface area contributed by atoms with Crippen molar-refractivity contribution in [1.29, 1.82) is 0 Å². The lowest BCUT2D eigenvalue weighted by atomic mass is 10.2. The molecule has 0 aliphatic heterocycles. The molecule has 3 rings (SSSR count). The van der Waals surface area contributed by atoms with Crippen LogP contribution in [0.4, 0.5) is 8.78 Å². The summed E-state index contributed by atoms with van der Waals surface area (Å²) in [7, 11) is 1.65. The second kappa shape index (κ2) is 5.47. The summed E-state index contributed by atoms with van der Waals surface area (Å²) in [5.41, 5.74) is -0.244. The first-order valence-electron chi connectivity index (χ1n) is 5.78. The first kappa shape index (κ1) is 14.6. The van der Waals surface area contributed by atoms with Crippen molar-refractivity contribution in [3.8, 4) is 22.1 Å². The first-order chi connectivity index (χ1) is 9.97. The number of hydrogen-bond donors (Lipinski definition) is 0. The van der Waals surface area contributed by atoms with Crippen LogP contribution in [0.25, 0.3) is 22.1 Å². The number of aryl methyl sites for hydroxylation is 1. The fourth-order valence-electron chi connectivity index (χ4n) is 1.89. The molecule has 2 heterocycles. The summed E-state index contributed by atoms with van der Waals surface area (Å²) in [6.45, 7) is 0. The maximum Gasteiger partial charge on any atom is 0.187 e. The van der Waals surface area contributed by atoms with Gasteiger partial charge in [0.25, 0.3) is 0 Å². The molecule has 3 aromatic rings. The van der Waals surface area contributed by atoms with E-state index in [0.717, 1.165) is 3.79 Å². The maximum atomic E-state index is 13.8. The van der Waals surface area contributed by atoms with Crippen molar-refractivity contribution in [3.05, 3.63) is 44.7 Å². The SMILES string of the molecule is Cn1nc(-c2c(F)cccc2F)nc1-c1sc(Br)cc1Cl. The Kier molecular flexibility index (Phi) is 3.81. The Bertz CT molecular complexity index is 811. The van der Waals surface area contributed by atoms with Gasteiger partial charge in [0, 0.05) is 7.05 Å². The van der Waals surface area contributed by atoms with Crippen molar-refractivity contribution in [2.45, 2.75) is 0 Å². The normalized spacial score (nSPS) is 11.1. The van der Waals surface area contributed by atoms with Crippen LogP contribution in [-0.4, -0.2) is 14.8 Å². The molecule has 1 aromatic carbocycles. The van der Waals surface area contributed by atoms with Crippen LogP contribution < -0.4 is 0 Å².